The molecule has 5 heteroatoms. The van der Waals surface area contributed by atoms with Crippen LogP contribution < -0.4 is 5.32 Å². The summed E-state index contributed by atoms with van der Waals surface area (Å²) in [4.78, 5) is 13.6. The van der Waals surface area contributed by atoms with Crippen LogP contribution in [0.5, 0.6) is 0 Å². The zero-order valence-corrected chi connectivity index (χ0v) is 10.3. The van der Waals surface area contributed by atoms with E-state index in [1.165, 1.54) is 6.07 Å². The molecular weight excluding hydrogens is 235 g/mol. The van der Waals surface area contributed by atoms with Gasteiger partial charge in [-0.25, -0.2) is 9.18 Å². The molecule has 0 spiro atoms. The first-order valence-corrected chi connectivity index (χ1v) is 5.98. The number of aliphatic carboxylic acids is 1. The maximum atomic E-state index is 13.6. The zero-order valence-electron chi connectivity index (χ0n) is 10.3. The van der Waals surface area contributed by atoms with Crippen molar-refractivity contribution in [2.45, 2.75) is 18.4 Å². The van der Waals surface area contributed by atoms with Crippen molar-refractivity contribution in [3.8, 4) is 0 Å². The van der Waals surface area contributed by atoms with Crippen LogP contribution in [0.25, 0.3) is 0 Å². The van der Waals surface area contributed by atoms with E-state index in [-0.39, 0.29) is 5.69 Å². The van der Waals surface area contributed by atoms with Crippen molar-refractivity contribution in [2.75, 3.05) is 25.5 Å². The van der Waals surface area contributed by atoms with E-state index in [0.717, 1.165) is 0 Å². The molecule has 1 aliphatic heterocycles. The van der Waals surface area contributed by atoms with Gasteiger partial charge < -0.3 is 15.3 Å². The van der Waals surface area contributed by atoms with Gasteiger partial charge in [-0.1, -0.05) is 12.1 Å². The minimum atomic E-state index is -1.06. The zero-order chi connectivity index (χ0) is 13.2. The van der Waals surface area contributed by atoms with Crippen LogP contribution in [-0.2, 0) is 4.79 Å². The Morgan fingerprint density at radius 2 is 2.00 bits per heavy atom. The van der Waals surface area contributed by atoms with Crippen molar-refractivity contribution in [1.82, 2.24) is 4.90 Å². The quantitative estimate of drug-likeness (QED) is 0.861. The summed E-state index contributed by atoms with van der Waals surface area (Å²) in [6, 6.07) is 6.17. The summed E-state index contributed by atoms with van der Waals surface area (Å²) in [5.74, 6) is -1.34. The van der Waals surface area contributed by atoms with Gasteiger partial charge in [-0.05, 0) is 32.0 Å². The van der Waals surface area contributed by atoms with Crippen molar-refractivity contribution in [1.29, 1.82) is 0 Å². The molecule has 0 aromatic heterocycles. The molecule has 1 saturated heterocycles. The Morgan fingerprint density at radius 1 is 1.39 bits per heavy atom. The monoisotopic (exact) mass is 252 g/mol. The van der Waals surface area contributed by atoms with Crippen molar-refractivity contribution in [3.63, 3.8) is 0 Å². The van der Waals surface area contributed by atoms with E-state index < -0.39 is 17.3 Å². The molecule has 0 atom stereocenters. The number of likely N-dealkylation sites (tertiary alicyclic amines) is 1. The molecule has 1 aliphatic rings. The summed E-state index contributed by atoms with van der Waals surface area (Å²) in [6.45, 7) is 1.38. The standard InChI is InChI=1S/C13H17FN2O2/c1-16-8-6-13(7-9-16,12(17)18)15-11-5-3-2-4-10(11)14/h2-5,15H,6-9H2,1H3,(H,17,18). The normalized spacial score (nSPS) is 19.4. The fourth-order valence-corrected chi connectivity index (χ4v) is 2.21. The highest BCUT2D eigenvalue weighted by Crippen LogP contribution is 2.28. The first kappa shape index (κ1) is 12.8. The lowest BCUT2D eigenvalue weighted by Crippen LogP contribution is -2.53. The molecule has 0 saturated carbocycles. The van der Waals surface area contributed by atoms with Crippen LogP contribution in [-0.4, -0.2) is 41.7 Å². The summed E-state index contributed by atoms with van der Waals surface area (Å²) >= 11 is 0. The fraction of sp³-hybridized carbons (Fsp3) is 0.462. The van der Waals surface area contributed by atoms with Crippen molar-refractivity contribution < 1.29 is 14.3 Å². The summed E-state index contributed by atoms with van der Waals surface area (Å²) < 4.78 is 13.6. The van der Waals surface area contributed by atoms with E-state index in [1.54, 1.807) is 18.2 Å². The first-order valence-electron chi connectivity index (χ1n) is 5.98. The average molecular weight is 252 g/mol. The SMILES string of the molecule is CN1CCC(Nc2ccccc2F)(C(=O)O)CC1. The van der Waals surface area contributed by atoms with Crippen LogP contribution in [0.2, 0.25) is 0 Å². The number of rotatable bonds is 3. The van der Waals surface area contributed by atoms with Gasteiger partial charge in [0.2, 0.25) is 0 Å². The van der Waals surface area contributed by atoms with Crippen LogP contribution in [0, 0.1) is 5.82 Å². The van der Waals surface area contributed by atoms with Gasteiger partial charge in [0, 0.05) is 13.1 Å². The molecule has 0 amide bonds. The van der Waals surface area contributed by atoms with E-state index in [4.69, 9.17) is 0 Å². The Labute approximate surface area is 105 Å². The predicted molar refractivity (Wildman–Crippen MR) is 67.1 cm³/mol. The molecule has 1 aromatic carbocycles. The Balaban J connectivity index is 2.22. The van der Waals surface area contributed by atoms with Gasteiger partial charge in [-0.15, -0.1) is 0 Å². The maximum Gasteiger partial charge on any atom is 0.329 e. The van der Waals surface area contributed by atoms with E-state index >= 15 is 0 Å². The topological polar surface area (TPSA) is 52.6 Å². The number of nitrogens with one attached hydrogen (secondary N) is 1. The van der Waals surface area contributed by atoms with E-state index in [9.17, 15) is 14.3 Å². The Kier molecular flexibility index (Phi) is 3.52. The number of hydrogen-bond acceptors (Lipinski definition) is 3. The van der Waals surface area contributed by atoms with Gasteiger partial charge in [0.25, 0.3) is 0 Å². The second-order valence-corrected chi connectivity index (χ2v) is 4.80. The molecule has 0 unspecified atom stereocenters. The third-order valence-electron chi connectivity index (χ3n) is 3.50. The lowest BCUT2D eigenvalue weighted by Gasteiger charge is -2.38. The molecule has 18 heavy (non-hydrogen) atoms. The molecule has 1 heterocycles. The number of para-hydroxylation sites is 1. The summed E-state index contributed by atoms with van der Waals surface area (Å²) in [6.07, 6.45) is 0.931. The average Bonchev–Trinajstić information content (AvgIpc) is 2.35. The predicted octanol–water partition coefficient (Wildman–Crippen LogP) is 1.79. The summed E-state index contributed by atoms with van der Waals surface area (Å²) in [5, 5.41) is 12.3. The van der Waals surface area contributed by atoms with Gasteiger partial charge >= 0.3 is 5.97 Å². The van der Waals surface area contributed by atoms with Crippen LogP contribution in [0.1, 0.15) is 12.8 Å². The molecule has 98 valence electrons. The molecule has 2 rings (SSSR count). The highest BCUT2D eigenvalue weighted by molar-refractivity contribution is 5.83. The maximum absolute atomic E-state index is 13.6. The second-order valence-electron chi connectivity index (χ2n) is 4.80. The molecule has 4 nitrogen and oxygen atoms in total. The molecule has 0 bridgehead atoms. The van der Waals surface area contributed by atoms with Gasteiger partial charge in [-0.2, -0.15) is 0 Å². The Hall–Kier alpha value is -1.62. The van der Waals surface area contributed by atoms with Gasteiger partial charge in [0.1, 0.15) is 11.4 Å². The largest absolute Gasteiger partial charge is 0.480 e. The number of piperidine rings is 1. The number of anilines is 1. The van der Waals surface area contributed by atoms with Gasteiger partial charge in [0.05, 0.1) is 5.69 Å². The fourth-order valence-electron chi connectivity index (χ4n) is 2.21. The van der Waals surface area contributed by atoms with Gasteiger partial charge in [-0.3, -0.25) is 0 Å². The number of hydrogen-bond donors (Lipinski definition) is 2. The van der Waals surface area contributed by atoms with Crippen molar-refractivity contribution in [3.05, 3.63) is 30.1 Å². The Morgan fingerprint density at radius 3 is 2.56 bits per heavy atom. The van der Waals surface area contributed by atoms with Gasteiger partial charge in [0.15, 0.2) is 0 Å². The lowest BCUT2D eigenvalue weighted by atomic mass is 9.87. The molecule has 2 N–H and O–H groups in total. The lowest BCUT2D eigenvalue weighted by molar-refractivity contribution is -0.143. The van der Waals surface area contributed by atoms with Crippen molar-refractivity contribution >= 4 is 11.7 Å². The first-order chi connectivity index (χ1) is 8.53. The summed E-state index contributed by atoms with van der Waals surface area (Å²) in [7, 11) is 1.95. The van der Waals surface area contributed by atoms with E-state index in [2.05, 4.69) is 10.2 Å². The highest BCUT2D eigenvalue weighted by atomic mass is 19.1. The minimum absolute atomic E-state index is 0.254. The van der Waals surface area contributed by atoms with E-state index in [1.807, 2.05) is 7.05 Å². The number of carbonyl (C=O) groups is 1. The number of carboxylic acid groups (broad SMARTS) is 1. The van der Waals surface area contributed by atoms with Crippen LogP contribution in [0.4, 0.5) is 10.1 Å². The summed E-state index contributed by atoms with van der Waals surface area (Å²) in [5.41, 5.74) is -0.807. The van der Waals surface area contributed by atoms with Crippen LogP contribution >= 0.6 is 0 Å². The molecule has 0 radical (unpaired) electrons. The molecule has 0 aliphatic carbocycles. The smallest absolute Gasteiger partial charge is 0.329 e. The van der Waals surface area contributed by atoms with Crippen molar-refractivity contribution in [2.24, 2.45) is 0 Å². The number of halogens is 1. The molecular formula is C13H17FN2O2. The number of carboxylic acids is 1. The van der Waals surface area contributed by atoms with Crippen LogP contribution in [0.15, 0.2) is 24.3 Å². The third-order valence-corrected chi connectivity index (χ3v) is 3.50. The molecule has 1 aromatic rings. The minimum Gasteiger partial charge on any atom is -0.480 e. The van der Waals surface area contributed by atoms with E-state index in [0.29, 0.717) is 25.9 Å². The molecule has 1 fully saturated rings. The number of nitrogens with zero attached hydrogens (tertiary/aromatic N) is 1. The second kappa shape index (κ2) is 4.94. The van der Waals surface area contributed by atoms with Crippen LogP contribution in [0.3, 0.4) is 0 Å². The highest BCUT2D eigenvalue weighted by Gasteiger charge is 2.41. The third kappa shape index (κ3) is 2.46. The number of benzene rings is 1. The Bertz CT molecular complexity index is 442.